The third-order valence-electron chi connectivity index (χ3n) is 4.89. The molecule has 6 heteroatoms. The van der Waals surface area contributed by atoms with Crippen molar-refractivity contribution in [1.29, 1.82) is 0 Å². The number of rotatable bonds is 2. The highest BCUT2D eigenvalue weighted by Crippen LogP contribution is 2.36. The fourth-order valence-corrected chi connectivity index (χ4v) is 3.90. The largest absolute Gasteiger partial charge is 0.444 e. The molecule has 0 unspecified atom stereocenters. The summed E-state index contributed by atoms with van der Waals surface area (Å²) in [7, 11) is 0. The first-order chi connectivity index (χ1) is 11.7. The lowest BCUT2D eigenvalue weighted by Crippen LogP contribution is -2.58. The zero-order valence-electron chi connectivity index (χ0n) is 15.9. The molecule has 0 saturated carbocycles. The molecule has 3 rings (SSSR count). The Morgan fingerprint density at radius 2 is 2.12 bits per heavy atom. The van der Waals surface area contributed by atoms with E-state index < -0.39 is 5.60 Å². The van der Waals surface area contributed by atoms with Crippen LogP contribution in [0, 0.1) is 0 Å². The monoisotopic (exact) mass is 347 g/mol. The second-order valence-corrected chi connectivity index (χ2v) is 8.09. The van der Waals surface area contributed by atoms with Crippen LogP contribution in [-0.4, -0.2) is 51.9 Å². The maximum Gasteiger partial charge on any atom is 0.410 e. The molecule has 1 saturated heterocycles. The van der Waals surface area contributed by atoms with E-state index in [0.29, 0.717) is 13.1 Å². The maximum absolute atomic E-state index is 12.5. The van der Waals surface area contributed by atoms with E-state index in [9.17, 15) is 9.90 Å². The van der Waals surface area contributed by atoms with Crippen LogP contribution >= 0.6 is 0 Å². The molecule has 6 nitrogen and oxygen atoms in total. The van der Waals surface area contributed by atoms with Gasteiger partial charge < -0.3 is 19.6 Å². The van der Waals surface area contributed by atoms with Gasteiger partial charge in [0.1, 0.15) is 11.4 Å². The molecule has 0 aromatic carbocycles. The first-order valence-corrected chi connectivity index (χ1v) is 9.12. The minimum absolute atomic E-state index is 0.0215. The summed E-state index contributed by atoms with van der Waals surface area (Å²) in [5.41, 5.74) is 2.56. The fourth-order valence-electron chi connectivity index (χ4n) is 3.90. The fraction of sp³-hybridized carbons (Fsp3) is 0.684. The molecule has 1 fully saturated rings. The second-order valence-electron chi connectivity index (χ2n) is 8.09. The lowest BCUT2D eigenvalue weighted by Gasteiger charge is -2.43. The number of aryl methyl sites for hydroxylation is 1. The SMILES string of the molecule is CCc1nc2c(cc1CO)C[C@@H]1CN(C(=O)OC(C)(C)C)C[C@@H](C)N21. The molecule has 2 aliphatic rings. The van der Waals surface area contributed by atoms with Crippen molar-refractivity contribution in [3.05, 3.63) is 22.9 Å². The van der Waals surface area contributed by atoms with Gasteiger partial charge in [0.05, 0.1) is 12.6 Å². The van der Waals surface area contributed by atoms with Crippen molar-refractivity contribution >= 4 is 11.9 Å². The van der Waals surface area contributed by atoms with Crippen molar-refractivity contribution in [2.45, 2.75) is 71.8 Å². The highest BCUT2D eigenvalue weighted by atomic mass is 16.6. The molecular formula is C19H29N3O3. The molecular weight excluding hydrogens is 318 g/mol. The quantitative estimate of drug-likeness (QED) is 0.890. The number of aliphatic hydroxyl groups excluding tert-OH is 1. The number of amides is 1. The summed E-state index contributed by atoms with van der Waals surface area (Å²) in [6.45, 7) is 11.2. The predicted octanol–water partition coefficient (Wildman–Crippen LogP) is 2.51. The summed E-state index contributed by atoms with van der Waals surface area (Å²) in [5, 5.41) is 9.59. The van der Waals surface area contributed by atoms with Crippen LogP contribution in [0.3, 0.4) is 0 Å². The lowest BCUT2D eigenvalue weighted by atomic mass is 10.1. The van der Waals surface area contributed by atoms with Crippen LogP contribution in [0.2, 0.25) is 0 Å². The number of hydrogen-bond acceptors (Lipinski definition) is 5. The highest BCUT2D eigenvalue weighted by Gasteiger charge is 2.41. The molecule has 0 bridgehead atoms. The molecule has 1 N–H and O–H groups in total. The minimum Gasteiger partial charge on any atom is -0.444 e. The minimum atomic E-state index is -0.482. The Morgan fingerprint density at radius 3 is 2.72 bits per heavy atom. The zero-order chi connectivity index (χ0) is 18.4. The summed E-state index contributed by atoms with van der Waals surface area (Å²) >= 11 is 0. The van der Waals surface area contributed by atoms with Gasteiger partial charge in [0.15, 0.2) is 0 Å². The van der Waals surface area contributed by atoms with Crippen LogP contribution in [0.5, 0.6) is 0 Å². The third kappa shape index (κ3) is 3.45. The number of piperazine rings is 1. The van der Waals surface area contributed by atoms with E-state index >= 15 is 0 Å². The second kappa shape index (κ2) is 6.48. The Balaban J connectivity index is 1.82. The number of fused-ring (bicyclic) bond motifs is 3. The van der Waals surface area contributed by atoms with Crippen LogP contribution in [0.4, 0.5) is 10.6 Å². The van der Waals surface area contributed by atoms with Crippen molar-refractivity contribution in [2.75, 3.05) is 18.0 Å². The first kappa shape index (κ1) is 18.0. The van der Waals surface area contributed by atoms with Gasteiger partial charge in [-0.25, -0.2) is 9.78 Å². The van der Waals surface area contributed by atoms with Gasteiger partial charge in [-0.1, -0.05) is 6.92 Å². The number of ether oxygens (including phenoxy) is 1. The van der Waals surface area contributed by atoms with E-state index in [4.69, 9.17) is 9.72 Å². The predicted molar refractivity (Wildman–Crippen MR) is 96.8 cm³/mol. The molecule has 0 radical (unpaired) electrons. The number of aromatic nitrogens is 1. The van der Waals surface area contributed by atoms with Crippen LogP contribution < -0.4 is 4.90 Å². The Bertz CT molecular complexity index is 669. The summed E-state index contributed by atoms with van der Waals surface area (Å²) < 4.78 is 5.54. The number of anilines is 1. The third-order valence-corrected chi connectivity index (χ3v) is 4.89. The van der Waals surface area contributed by atoms with Gasteiger partial charge >= 0.3 is 6.09 Å². The van der Waals surface area contributed by atoms with Gasteiger partial charge in [-0.3, -0.25) is 0 Å². The smallest absolute Gasteiger partial charge is 0.410 e. The molecule has 138 valence electrons. The average molecular weight is 347 g/mol. The average Bonchev–Trinajstić information content (AvgIpc) is 2.89. The van der Waals surface area contributed by atoms with E-state index in [1.807, 2.05) is 25.7 Å². The van der Waals surface area contributed by atoms with Gasteiger partial charge in [-0.05, 0) is 57.7 Å². The van der Waals surface area contributed by atoms with Crippen molar-refractivity contribution < 1.29 is 14.6 Å². The van der Waals surface area contributed by atoms with Crippen LogP contribution in [0.15, 0.2) is 6.07 Å². The number of carbonyl (C=O) groups excluding carboxylic acids is 1. The Hall–Kier alpha value is -1.82. The van der Waals surface area contributed by atoms with Crippen molar-refractivity contribution in [3.63, 3.8) is 0 Å². The van der Waals surface area contributed by atoms with Gasteiger partial charge in [0.2, 0.25) is 0 Å². The summed E-state index contributed by atoms with van der Waals surface area (Å²) in [5.74, 6) is 1.02. The number of carbonyl (C=O) groups is 1. The number of pyridine rings is 1. The van der Waals surface area contributed by atoms with Crippen LogP contribution in [0.25, 0.3) is 0 Å². The lowest BCUT2D eigenvalue weighted by molar-refractivity contribution is 0.0191. The summed E-state index contributed by atoms with van der Waals surface area (Å²) in [6, 6.07) is 2.49. The molecule has 25 heavy (non-hydrogen) atoms. The summed E-state index contributed by atoms with van der Waals surface area (Å²) in [6.07, 6.45) is 1.41. The number of nitrogens with zero attached hydrogens (tertiary/aromatic N) is 3. The highest BCUT2D eigenvalue weighted by molar-refractivity contribution is 5.69. The molecule has 2 atom stereocenters. The van der Waals surface area contributed by atoms with Gasteiger partial charge in [-0.15, -0.1) is 0 Å². The molecule has 2 aliphatic heterocycles. The Morgan fingerprint density at radius 1 is 1.40 bits per heavy atom. The van der Waals surface area contributed by atoms with E-state index in [-0.39, 0.29) is 24.8 Å². The van der Waals surface area contributed by atoms with Crippen molar-refractivity contribution in [3.8, 4) is 0 Å². The summed E-state index contributed by atoms with van der Waals surface area (Å²) in [4.78, 5) is 21.5. The molecule has 1 aromatic rings. The standard InChI is InChI=1S/C19H29N3O3/c1-6-16-14(11-23)7-13-8-15-10-21(18(24)25-19(3,4)5)9-12(2)22(15)17(13)20-16/h7,12,15,23H,6,8-11H2,1-5H3/t12-,15-/m1/s1. The molecule has 1 aromatic heterocycles. The first-order valence-electron chi connectivity index (χ1n) is 9.12. The van der Waals surface area contributed by atoms with Crippen LogP contribution in [0.1, 0.15) is 51.4 Å². The van der Waals surface area contributed by atoms with E-state index in [1.165, 1.54) is 5.56 Å². The van der Waals surface area contributed by atoms with Gasteiger partial charge in [0, 0.05) is 24.8 Å². The Labute approximate surface area is 149 Å². The van der Waals surface area contributed by atoms with Crippen LogP contribution in [-0.2, 0) is 24.2 Å². The van der Waals surface area contributed by atoms with Crippen molar-refractivity contribution in [2.24, 2.45) is 0 Å². The maximum atomic E-state index is 12.5. The normalized spacial score (nSPS) is 22.6. The molecule has 0 spiro atoms. The van der Waals surface area contributed by atoms with Crippen molar-refractivity contribution in [1.82, 2.24) is 9.88 Å². The number of hydrogen-bond donors (Lipinski definition) is 1. The number of aliphatic hydroxyl groups is 1. The Kier molecular flexibility index (Phi) is 4.66. The molecule has 3 heterocycles. The molecule has 1 amide bonds. The van der Waals surface area contributed by atoms with E-state index in [2.05, 4.69) is 24.8 Å². The van der Waals surface area contributed by atoms with Gasteiger partial charge in [0.25, 0.3) is 0 Å². The van der Waals surface area contributed by atoms with E-state index in [0.717, 1.165) is 29.9 Å². The van der Waals surface area contributed by atoms with Gasteiger partial charge in [-0.2, -0.15) is 0 Å². The zero-order valence-corrected chi connectivity index (χ0v) is 15.9. The molecule has 0 aliphatic carbocycles. The van der Waals surface area contributed by atoms with E-state index in [1.54, 1.807) is 0 Å². The topological polar surface area (TPSA) is 65.9 Å².